The molecule has 18 heavy (non-hydrogen) atoms. The standard InChI is InChI=1S/C6H9O9P.Ca.Na.3H/c7-1-2(8)4-5(15-16(11,12)13)3(9)6(10)14-4;;;;;/h2,4,7-9H,1H2,(H2,11,12,13);;;;;/q;+2;+1;3*-1/t2-,4+;;;;;/m0...../s1. The molecule has 0 unspecified atom stereocenters. The minimum Gasteiger partial charge on any atom is -1.00 e. The van der Waals surface area contributed by atoms with E-state index in [0.717, 1.165) is 0 Å². The van der Waals surface area contributed by atoms with Gasteiger partial charge in [-0.2, -0.15) is 0 Å². The topological polar surface area (TPSA) is 154 Å². The Morgan fingerprint density at radius 3 is 2.39 bits per heavy atom. The summed E-state index contributed by atoms with van der Waals surface area (Å²) in [6.07, 6.45) is -3.31. The van der Waals surface area contributed by atoms with Gasteiger partial charge in [0.15, 0.2) is 6.10 Å². The van der Waals surface area contributed by atoms with Crippen molar-refractivity contribution < 1.29 is 77.6 Å². The van der Waals surface area contributed by atoms with Gasteiger partial charge in [0.2, 0.25) is 11.5 Å². The number of aliphatic hydroxyl groups excluding tert-OH is 3. The fourth-order valence-corrected chi connectivity index (χ4v) is 1.48. The van der Waals surface area contributed by atoms with Gasteiger partial charge in [-0.25, -0.2) is 9.36 Å². The van der Waals surface area contributed by atoms with Crippen LogP contribution in [-0.2, 0) is 18.6 Å². The number of phosphoric acid groups is 1. The van der Waals surface area contributed by atoms with Crippen molar-refractivity contribution in [1.82, 2.24) is 0 Å². The van der Waals surface area contributed by atoms with E-state index in [2.05, 4.69) is 9.26 Å². The SMILES string of the molecule is O=C1O[C@H]([C@@H](O)CO)C(OP(=O)(O)O)=C1O.[Ca+2].[H-].[H-].[H-].[Na+]. The van der Waals surface area contributed by atoms with Crippen LogP contribution in [0.1, 0.15) is 4.28 Å². The molecule has 1 rings (SSSR count). The molecule has 0 aromatic carbocycles. The zero-order chi connectivity index (χ0) is 12.5. The predicted molar refractivity (Wildman–Crippen MR) is 54.8 cm³/mol. The number of esters is 1. The Morgan fingerprint density at radius 1 is 1.50 bits per heavy atom. The first kappa shape index (κ1) is 21.4. The summed E-state index contributed by atoms with van der Waals surface area (Å²) >= 11 is 0. The van der Waals surface area contributed by atoms with Gasteiger partial charge < -0.3 is 28.9 Å². The number of hydrogen-bond acceptors (Lipinski definition) is 7. The second kappa shape index (κ2) is 8.43. The molecule has 12 heteroatoms. The van der Waals surface area contributed by atoms with Gasteiger partial charge in [0.25, 0.3) is 0 Å². The number of cyclic esters (lactones) is 1. The van der Waals surface area contributed by atoms with Crippen LogP contribution in [0.25, 0.3) is 0 Å². The molecule has 0 fully saturated rings. The first-order valence-corrected chi connectivity index (χ1v) is 5.47. The molecule has 0 aliphatic carbocycles. The van der Waals surface area contributed by atoms with Crippen molar-refractivity contribution in [3.8, 4) is 0 Å². The van der Waals surface area contributed by atoms with E-state index in [9.17, 15) is 9.36 Å². The minimum atomic E-state index is -5.01. The van der Waals surface area contributed by atoms with Crippen molar-refractivity contribution in [2.75, 3.05) is 6.61 Å². The molecular formula is C6H12CaNaO9P. The van der Waals surface area contributed by atoms with E-state index in [4.69, 9.17) is 25.1 Å². The molecule has 2 atom stereocenters. The number of hydrogen-bond donors (Lipinski definition) is 5. The molecule has 0 aromatic rings. The van der Waals surface area contributed by atoms with Crippen LogP contribution in [0.3, 0.4) is 0 Å². The average molecular weight is 322 g/mol. The Morgan fingerprint density at radius 2 is 2.00 bits per heavy atom. The molecule has 0 spiro atoms. The Kier molecular flexibility index (Phi) is 10.0. The smallest absolute Gasteiger partial charge is 1.00 e. The maximum Gasteiger partial charge on any atom is 2.00 e. The summed E-state index contributed by atoms with van der Waals surface area (Å²) < 4.78 is 18.9. The molecule has 98 valence electrons. The van der Waals surface area contributed by atoms with Gasteiger partial charge in [0.1, 0.15) is 6.10 Å². The van der Waals surface area contributed by atoms with E-state index in [1.54, 1.807) is 0 Å². The van der Waals surface area contributed by atoms with E-state index in [1.807, 2.05) is 0 Å². The fraction of sp³-hybridized carbons (Fsp3) is 0.500. The summed E-state index contributed by atoms with van der Waals surface area (Å²) in [5.41, 5.74) is 0. The van der Waals surface area contributed by atoms with Crippen LogP contribution < -0.4 is 29.6 Å². The summed E-state index contributed by atoms with van der Waals surface area (Å²) in [5.74, 6) is -3.36. The normalized spacial score (nSPS) is 20.7. The van der Waals surface area contributed by atoms with Gasteiger partial charge in [0, 0.05) is 0 Å². The van der Waals surface area contributed by atoms with E-state index in [0.29, 0.717) is 0 Å². The van der Waals surface area contributed by atoms with E-state index >= 15 is 0 Å². The van der Waals surface area contributed by atoms with Crippen LogP contribution in [0.2, 0.25) is 0 Å². The van der Waals surface area contributed by atoms with Crippen molar-refractivity contribution in [1.29, 1.82) is 0 Å². The Bertz CT molecular complexity index is 392. The molecule has 0 saturated heterocycles. The average Bonchev–Trinajstić information content (AvgIpc) is 2.43. The van der Waals surface area contributed by atoms with Crippen LogP contribution in [0.4, 0.5) is 0 Å². The second-order valence-corrected chi connectivity index (χ2v) is 4.03. The molecule has 0 amide bonds. The fourth-order valence-electron chi connectivity index (χ4n) is 1.03. The van der Waals surface area contributed by atoms with Gasteiger partial charge in [-0.05, 0) is 0 Å². The van der Waals surface area contributed by atoms with Crippen LogP contribution in [0, 0.1) is 0 Å². The largest absolute Gasteiger partial charge is 2.00 e. The predicted octanol–water partition coefficient (Wildman–Crippen LogP) is -4.90. The number of carbonyl (C=O) groups excluding carboxylic acids is 1. The van der Waals surface area contributed by atoms with Gasteiger partial charge >= 0.3 is 81.1 Å². The van der Waals surface area contributed by atoms with Crippen molar-refractivity contribution >= 4 is 51.5 Å². The first-order valence-electron chi connectivity index (χ1n) is 3.94. The molecule has 0 saturated carbocycles. The van der Waals surface area contributed by atoms with Crippen LogP contribution in [-0.4, -0.2) is 87.6 Å². The summed E-state index contributed by atoms with van der Waals surface area (Å²) in [6, 6.07) is 0. The molecule has 1 aliphatic heterocycles. The molecule has 0 aromatic heterocycles. The second-order valence-electron chi connectivity index (χ2n) is 2.87. The first-order chi connectivity index (χ1) is 7.26. The molecular weight excluding hydrogens is 310 g/mol. The monoisotopic (exact) mass is 322 g/mol. The maximum atomic E-state index is 10.8. The van der Waals surface area contributed by atoms with Crippen LogP contribution in [0.5, 0.6) is 0 Å². The van der Waals surface area contributed by atoms with E-state index in [1.165, 1.54) is 0 Å². The van der Waals surface area contributed by atoms with Gasteiger partial charge in [-0.3, -0.25) is 9.79 Å². The van der Waals surface area contributed by atoms with Gasteiger partial charge in [0.05, 0.1) is 6.61 Å². The quantitative estimate of drug-likeness (QED) is 0.195. The third kappa shape index (κ3) is 5.64. The number of aliphatic hydroxyl groups is 3. The number of ether oxygens (including phenoxy) is 1. The van der Waals surface area contributed by atoms with E-state index < -0.39 is 44.1 Å². The van der Waals surface area contributed by atoms with Crippen LogP contribution in [0.15, 0.2) is 11.5 Å². The summed E-state index contributed by atoms with van der Waals surface area (Å²) in [6.45, 7) is -0.848. The third-order valence-corrected chi connectivity index (χ3v) is 2.11. The van der Waals surface area contributed by atoms with Gasteiger partial charge in [-0.15, -0.1) is 0 Å². The van der Waals surface area contributed by atoms with Crippen molar-refractivity contribution in [3.63, 3.8) is 0 Å². The molecule has 0 radical (unpaired) electrons. The molecule has 9 nitrogen and oxygen atoms in total. The Balaban J connectivity index is -0.000000171. The number of carbonyl (C=O) groups is 1. The summed E-state index contributed by atoms with van der Waals surface area (Å²) in [5, 5.41) is 26.8. The Hall–Kier alpha value is 1.14. The third-order valence-electron chi connectivity index (χ3n) is 1.67. The van der Waals surface area contributed by atoms with Crippen LogP contribution >= 0.6 is 7.82 Å². The molecule has 1 aliphatic rings. The zero-order valence-electron chi connectivity index (χ0n) is 12.4. The Labute approximate surface area is 158 Å². The molecule has 0 bridgehead atoms. The van der Waals surface area contributed by atoms with Crippen molar-refractivity contribution in [2.24, 2.45) is 0 Å². The number of rotatable bonds is 4. The summed E-state index contributed by atoms with van der Waals surface area (Å²) in [7, 11) is -5.01. The van der Waals surface area contributed by atoms with Gasteiger partial charge in [-0.1, -0.05) is 0 Å². The maximum absolute atomic E-state index is 10.8. The van der Waals surface area contributed by atoms with Crippen molar-refractivity contribution in [2.45, 2.75) is 12.2 Å². The zero-order valence-corrected chi connectivity index (χ0v) is 14.5. The molecule has 1 heterocycles. The number of phosphoric ester groups is 1. The molecule has 5 N–H and O–H groups in total. The van der Waals surface area contributed by atoms with Crippen molar-refractivity contribution in [3.05, 3.63) is 11.5 Å². The minimum absolute atomic E-state index is 0. The summed E-state index contributed by atoms with van der Waals surface area (Å²) in [4.78, 5) is 27.8. The van der Waals surface area contributed by atoms with E-state index in [-0.39, 0.29) is 71.6 Å².